The highest BCUT2D eigenvalue weighted by atomic mass is 35.5. The maximum atomic E-state index is 13.6. The van der Waals surface area contributed by atoms with Crippen LogP contribution in [0.25, 0.3) is 11.5 Å². The highest BCUT2D eigenvalue weighted by Gasteiger charge is 2.25. The molecule has 1 aromatic heterocycles. The lowest BCUT2D eigenvalue weighted by Crippen LogP contribution is -2.14. The van der Waals surface area contributed by atoms with E-state index in [2.05, 4.69) is 15.5 Å². The minimum atomic E-state index is -0.631. The summed E-state index contributed by atoms with van der Waals surface area (Å²) in [7, 11) is 0. The molecule has 0 unspecified atom stereocenters. The first-order chi connectivity index (χ1) is 14.4. The predicted molar refractivity (Wildman–Crippen MR) is 112 cm³/mol. The Kier molecular flexibility index (Phi) is 5.50. The number of halogens is 3. The Balaban J connectivity index is 1.78. The molecule has 30 heavy (non-hydrogen) atoms. The number of rotatable bonds is 5. The van der Waals surface area contributed by atoms with Crippen LogP contribution < -0.4 is 5.32 Å². The normalized spacial score (nSPS) is 12.0. The van der Waals surface area contributed by atoms with E-state index in [1.165, 1.54) is 24.3 Å². The van der Waals surface area contributed by atoms with Gasteiger partial charge in [0.15, 0.2) is 0 Å². The summed E-state index contributed by atoms with van der Waals surface area (Å²) in [6.07, 6.45) is 0. The quantitative estimate of drug-likeness (QED) is 0.397. The summed E-state index contributed by atoms with van der Waals surface area (Å²) in [6.45, 7) is 3.95. The lowest BCUT2D eigenvalue weighted by atomic mass is 10.0. The van der Waals surface area contributed by atoms with Crippen LogP contribution in [0.3, 0.4) is 0 Å². The highest BCUT2D eigenvalue weighted by molar-refractivity contribution is 6.31. The van der Waals surface area contributed by atoms with Gasteiger partial charge in [-0.25, -0.2) is 8.78 Å². The van der Waals surface area contributed by atoms with Gasteiger partial charge in [0.2, 0.25) is 11.8 Å². The molecule has 1 atom stereocenters. The molecule has 0 spiro atoms. The fourth-order valence-electron chi connectivity index (χ4n) is 3.14. The Morgan fingerprint density at radius 3 is 2.50 bits per heavy atom. The van der Waals surface area contributed by atoms with Gasteiger partial charge in [-0.1, -0.05) is 35.9 Å². The van der Waals surface area contributed by atoms with Gasteiger partial charge < -0.3 is 9.73 Å². The van der Waals surface area contributed by atoms with E-state index >= 15 is 0 Å². The Morgan fingerprint density at radius 2 is 1.73 bits per heavy atom. The van der Waals surface area contributed by atoms with Gasteiger partial charge in [0.25, 0.3) is 0 Å². The molecular formula is C23H18ClF2N3O. The molecule has 7 heteroatoms. The number of anilines is 1. The van der Waals surface area contributed by atoms with Crippen molar-refractivity contribution in [3.05, 3.63) is 99.9 Å². The molecule has 0 saturated heterocycles. The number of aryl methyl sites for hydroxylation is 2. The molecule has 4 nitrogen and oxygen atoms in total. The average molecular weight is 426 g/mol. The average Bonchev–Trinajstić information content (AvgIpc) is 3.19. The van der Waals surface area contributed by atoms with E-state index in [-0.39, 0.29) is 16.8 Å². The van der Waals surface area contributed by atoms with Crippen molar-refractivity contribution < 1.29 is 13.2 Å². The van der Waals surface area contributed by atoms with Gasteiger partial charge in [-0.3, -0.25) is 0 Å². The molecule has 0 radical (unpaired) electrons. The molecule has 0 aliphatic heterocycles. The summed E-state index contributed by atoms with van der Waals surface area (Å²) in [5, 5.41) is 11.8. The van der Waals surface area contributed by atoms with E-state index in [1.807, 2.05) is 32.0 Å². The summed E-state index contributed by atoms with van der Waals surface area (Å²) in [5.74, 6) is -0.446. The summed E-state index contributed by atoms with van der Waals surface area (Å²) >= 11 is 6.34. The van der Waals surface area contributed by atoms with Crippen molar-refractivity contribution >= 4 is 17.3 Å². The third-order valence-corrected chi connectivity index (χ3v) is 5.05. The molecule has 0 amide bonds. The van der Waals surface area contributed by atoms with Crippen molar-refractivity contribution in [3.63, 3.8) is 0 Å². The zero-order chi connectivity index (χ0) is 21.3. The van der Waals surface area contributed by atoms with Crippen molar-refractivity contribution in [1.29, 1.82) is 0 Å². The van der Waals surface area contributed by atoms with E-state index in [4.69, 9.17) is 16.0 Å². The summed E-state index contributed by atoms with van der Waals surface area (Å²) in [6, 6.07) is 15.4. The molecule has 4 aromatic rings. The van der Waals surface area contributed by atoms with E-state index in [0.717, 1.165) is 16.8 Å². The van der Waals surface area contributed by atoms with Gasteiger partial charge in [-0.05, 0) is 61.4 Å². The molecule has 1 N–H and O–H groups in total. The molecule has 1 heterocycles. The first kappa shape index (κ1) is 20.0. The van der Waals surface area contributed by atoms with Crippen LogP contribution in [-0.4, -0.2) is 10.2 Å². The molecule has 152 valence electrons. The van der Waals surface area contributed by atoms with Crippen LogP contribution in [0.15, 0.2) is 65.1 Å². The number of nitrogens with one attached hydrogen (secondary N) is 1. The number of nitrogens with zero attached hydrogens (tertiary/aromatic N) is 2. The second-order valence-corrected chi connectivity index (χ2v) is 7.42. The zero-order valence-corrected chi connectivity index (χ0v) is 17.0. The van der Waals surface area contributed by atoms with Crippen LogP contribution in [0, 0.1) is 25.5 Å². The Hall–Kier alpha value is -3.25. The largest absolute Gasteiger partial charge is 0.418 e. The van der Waals surface area contributed by atoms with Crippen LogP contribution in [0.2, 0.25) is 5.02 Å². The van der Waals surface area contributed by atoms with Crippen LogP contribution >= 0.6 is 11.6 Å². The molecule has 0 saturated carbocycles. The van der Waals surface area contributed by atoms with Crippen LogP contribution in [0.4, 0.5) is 14.5 Å². The predicted octanol–water partition coefficient (Wildman–Crippen LogP) is 6.49. The lowest BCUT2D eigenvalue weighted by molar-refractivity contribution is 0.493. The van der Waals surface area contributed by atoms with Crippen molar-refractivity contribution in [2.45, 2.75) is 19.9 Å². The maximum Gasteiger partial charge on any atom is 0.247 e. The standard InChI is InChI=1S/C23H18ClF2N3O/c1-13-6-7-14(2)20(10-13)27-21(18-9-8-17(26)12-19(18)24)23-29-28-22(30-23)15-4-3-5-16(25)11-15/h3-12,21,27H,1-2H3/t21-/m1/s1. The first-order valence-electron chi connectivity index (χ1n) is 9.29. The summed E-state index contributed by atoms with van der Waals surface area (Å²) < 4.78 is 33.1. The van der Waals surface area contributed by atoms with Crippen molar-refractivity contribution in [2.24, 2.45) is 0 Å². The SMILES string of the molecule is Cc1ccc(C)c(N[C@@H](c2nnc(-c3cccc(F)c3)o2)c2ccc(F)cc2Cl)c1. The third-order valence-electron chi connectivity index (χ3n) is 4.73. The van der Waals surface area contributed by atoms with Crippen molar-refractivity contribution in [1.82, 2.24) is 10.2 Å². The number of aromatic nitrogens is 2. The molecular weight excluding hydrogens is 408 g/mol. The lowest BCUT2D eigenvalue weighted by Gasteiger charge is -2.20. The summed E-state index contributed by atoms with van der Waals surface area (Å²) in [4.78, 5) is 0. The fourth-order valence-corrected chi connectivity index (χ4v) is 3.42. The second-order valence-electron chi connectivity index (χ2n) is 7.02. The smallest absolute Gasteiger partial charge is 0.247 e. The van der Waals surface area contributed by atoms with Gasteiger partial charge in [-0.2, -0.15) is 0 Å². The van der Waals surface area contributed by atoms with E-state index < -0.39 is 17.7 Å². The molecule has 3 aromatic carbocycles. The van der Waals surface area contributed by atoms with Gasteiger partial charge >= 0.3 is 0 Å². The van der Waals surface area contributed by atoms with E-state index in [9.17, 15) is 8.78 Å². The third kappa shape index (κ3) is 4.19. The minimum absolute atomic E-state index is 0.176. The van der Waals surface area contributed by atoms with Crippen molar-refractivity contribution in [2.75, 3.05) is 5.32 Å². The topological polar surface area (TPSA) is 51.0 Å². The number of hydrogen-bond acceptors (Lipinski definition) is 4. The van der Waals surface area contributed by atoms with Gasteiger partial charge in [0, 0.05) is 21.8 Å². The van der Waals surface area contributed by atoms with Gasteiger partial charge in [0.1, 0.15) is 17.7 Å². The minimum Gasteiger partial charge on any atom is -0.418 e. The van der Waals surface area contributed by atoms with Crippen LogP contribution in [0.5, 0.6) is 0 Å². The number of benzene rings is 3. The second kappa shape index (κ2) is 8.24. The zero-order valence-electron chi connectivity index (χ0n) is 16.3. The summed E-state index contributed by atoms with van der Waals surface area (Å²) in [5.41, 5.74) is 3.97. The van der Waals surface area contributed by atoms with Crippen LogP contribution in [-0.2, 0) is 0 Å². The highest BCUT2D eigenvalue weighted by Crippen LogP contribution is 2.34. The monoisotopic (exact) mass is 425 g/mol. The number of hydrogen-bond donors (Lipinski definition) is 1. The van der Waals surface area contributed by atoms with E-state index in [1.54, 1.807) is 18.2 Å². The fraction of sp³-hybridized carbons (Fsp3) is 0.130. The van der Waals surface area contributed by atoms with Gasteiger partial charge in [-0.15, -0.1) is 10.2 Å². The molecule has 0 aliphatic carbocycles. The Labute approximate surface area is 177 Å². The maximum absolute atomic E-state index is 13.6. The van der Waals surface area contributed by atoms with Crippen molar-refractivity contribution in [3.8, 4) is 11.5 Å². The Morgan fingerprint density at radius 1 is 0.933 bits per heavy atom. The van der Waals surface area contributed by atoms with E-state index in [0.29, 0.717) is 11.1 Å². The van der Waals surface area contributed by atoms with Gasteiger partial charge in [0.05, 0.1) is 0 Å². The molecule has 4 rings (SSSR count). The Bertz CT molecular complexity index is 1210. The van der Waals surface area contributed by atoms with Crippen LogP contribution in [0.1, 0.15) is 28.6 Å². The molecule has 0 bridgehead atoms. The molecule has 0 aliphatic rings. The first-order valence-corrected chi connectivity index (χ1v) is 9.66. The molecule has 0 fully saturated rings.